The summed E-state index contributed by atoms with van der Waals surface area (Å²) in [7, 11) is 0. The fourth-order valence-corrected chi connectivity index (χ4v) is 2.37. The van der Waals surface area contributed by atoms with E-state index in [1.54, 1.807) is 0 Å². The van der Waals surface area contributed by atoms with E-state index in [1.165, 1.54) is 24.1 Å². The maximum absolute atomic E-state index is 5.63. The summed E-state index contributed by atoms with van der Waals surface area (Å²) in [5.41, 5.74) is 2.70. The molecule has 1 aromatic carbocycles. The van der Waals surface area contributed by atoms with Gasteiger partial charge in [0.15, 0.2) is 0 Å². The molecule has 2 nitrogen and oxygen atoms in total. The molecule has 0 spiro atoms. The first kappa shape index (κ1) is 7.25. The molecule has 0 bridgehead atoms. The first-order chi connectivity index (χ1) is 6.45. The van der Waals surface area contributed by atoms with E-state index >= 15 is 0 Å². The molecule has 68 valence electrons. The van der Waals surface area contributed by atoms with Crippen molar-refractivity contribution in [1.82, 2.24) is 0 Å². The summed E-state index contributed by atoms with van der Waals surface area (Å²) in [5, 5.41) is 3.42. The minimum absolute atomic E-state index is 0.737. The van der Waals surface area contributed by atoms with Gasteiger partial charge in [-0.15, -0.1) is 0 Å². The Morgan fingerprint density at radius 2 is 2.31 bits per heavy atom. The molecule has 0 radical (unpaired) electrons. The Bertz CT molecular complexity index is 307. The van der Waals surface area contributed by atoms with Crippen molar-refractivity contribution in [2.45, 2.75) is 18.8 Å². The maximum atomic E-state index is 5.63. The Labute approximate surface area is 77.9 Å². The van der Waals surface area contributed by atoms with Crippen molar-refractivity contribution < 1.29 is 4.74 Å². The summed E-state index contributed by atoms with van der Waals surface area (Å²) >= 11 is 0. The maximum Gasteiger partial charge on any atom is 0.124 e. The van der Waals surface area contributed by atoms with Gasteiger partial charge in [0.1, 0.15) is 5.75 Å². The van der Waals surface area contributed by atoms with Crippen LogP contribution in [0.1, 0.15) is 24.3 Å². The van der Waals surface area contributed by atoms with Gasteiger partial charge in [0, 0.05) is 17.8 Å². The topological polar surface area (TPSA) is 21.3 Å². The van der Waals surface area contributed by atoms with E-state index in [4.69, 9.17) is 4.74 Å². The lowest BCUT2D eigenvalue weighted by Crippen LogP contribution is -2.23. The van der Waals surface area contributed by atoms with Gasteiger partial charge in [-0.05, 0) is 30.9 Å². The average molecular weight is 175 g/mol. The SMILES string of the molecule is c1cc2c3c(c1)OCCC3CCN2. The third-order valence-electron chi connectivity index (χ3n) is 3.01. The Morgan fingerprint density at radius 3 is 3.31 bits per heavy atom. The fraction of sp³-hybridized carbons (Fsp3) is 0.455. The number of anilines is 1. The second-order valence-corrected chi connectivity index (χ2v) is 3.77. The predicted molar refractivity (Wildman–Crippen MR) is 52.4 cm³/mol. The Kier molecular flexibility index (Phi) is 1.48. The molecule has 1 unspecified atom stereocenters. The summed E-state index contributed by atoms with van der Waals surface area (Å²) in [4.78, 5) is 0. The summed E-state index contributed by atoms with van der Waals surface area (Å²) in [6.45, 7) is 2.00. The van der Waals surface area contributed by atoms with Crippen LogP contribution in [-0.4, -0.2) is 13.2 Å². The largest absolute Gasteiger partial charge is 0.493 e. The van der Waals surface area contributed by atoms with Crippen LogP contribution >= 0.6 is 0 Å². The van der Waals surface area contributed by atoms with Gasteiger partial charge in [0.2, 0.25) is 0 Å². The second-order valence-electron chi connectivity index (χ2n) is 3.77. The molecular weight excluding hydrogens is 162 g/mol. The monoisotopic (exact) mass is 175 g/mol. The molecule has 1 aromatic rings. The van der Waals surface area contributed by atoms with E-state index in [0.717, 1.165) is 24.8 Å². The number of hydrogen-bond donors (Lipinski definition) is 1. The molecule has 2 aliphatic rings. The normalized spacial score (nSPS) is 24.2. The van der Waals surface area contributed by atoms with Crippen LogP contribution in [0.15, 0.2) is 18.2 Å². The van der Waals surface area contributed by atoms with Crippen molar-refractivity contribution in [2.24, 2.45) is 0 Å². The van der Waals surface area contributed by atoms with Crippen molar-refractivity contribution in [3.63, 3.8) is 0 Å². The Balaban J connectivity index is 2.18. The quantitative estimate of drug-likeness (QED) is 0.653. The molecule has 13 heavy (non-hydrogen) atoms. The smallest absolute Gasteiger partial charge is 0.124 e. The van der Waals surface area contributed by atoms with Crippen molar-refractivity contribution in [2.75, 3.05) is 18.5 Å². The van der Waals surface area contributed by atoms with E-state index in [-0.39, 0.29) is 0 Å². The second kappa shape index (κ2) is 2.66. The van der Waals surface area contributed by atoms with Gasteiger partial charge in [-0.25, -0.2) is 0 Å². The minimum Gasteiger partial charge on any atom is -0.493 e. The van der Waals surface area contributed by atoms with Crippen LogP contribution in [0.5, 0.6) is 5.75 Å². The molecule has 0 saturated heterocycles. The molecule has 1 N–H and O–H groups in total. The van der Waals surface area contributed by atoms with E-state index in [9.17, 15) is 0 Å². The van der Waals surface area contributed by atoms with Gasteiger partial charge in [-0.3, -0.25) is 0 Å². The molecule has 0 saturated carbocycles. The van der Waals surface area contributed by atoms with Crippen LogP contribution in [0.25, 0.3) is 0 Å². The lowest BCUT2D eigenvalue weighted by atomic mass is 9.86. The van der Waals surface area contributed by atoms with Crippen LogP contribution in [0.2, 0.25) is 0 Å². The molecule has 0 amide bonds. The Hall–Kier alpha value is -1.18. The molecule has 0 aliphatic carbocycles. The van der Waals surface area contributed by atoms with Gasteiger partial charge in [0.25, 0.3) is 0 Å². The minimum atomic E-state index is 0.737. The molecule has 0 aromatic heterocycles. The Morgan fingerprint density at radius 1 is 1.31 bits per heavy atom. The third-order valence-corrected chi connectivity index (χ3v) is 3.01. The third kappa shape index (κ3) is 1.01. The number of benzene rings is 1. The molecule has 2 heterocycles. The van der Waals surface area contributed by atoms with Crippen molar-refractivity contribution >= 4 is 5.69 Å². The van der Waals surface area contributed by atoms with Crippen LogP contribution in [0.4, 0.5) is 5.69 Å². The van der Waals surface area contributed by atoms with E-state index in [1.807, 2.05) is 0 Å². The highest BCUT2D eigenvalue weighted by atomic mass is 16.5. The zero-order valence-electron chi connectivity index (χ0n) is 7.55. The highest BCUT2D eigenvalue weighted by Gasteiger charge is 2.26. The van der Waals surface area contributed by atoms with Gasteiger partial charge in [-0.2, -0.15) is 0 Å². The van der Waals surface area contributed by atoms with Gasteiger partial charge >= 0.3 is 0 Å². The first-order valence-corrected chi connectivity index (χ1v) is 4.95. The lowest BCUT2D eigenvalue weighted by molar-refractivity contribution is 0.263. The highest BCUT2D eigenvalue weighted by molar-refractivity contribution is 5.61. The van der Waals surface area contributed by atoms with Gasteiger partial charge < -0.3 is 10.1 Å². The number of rotatable bonds is 0. The lowest BCUT2D eigenvalue weighted by Gasteiger charge is -2.32. The summed E-state index contributed by atoms with van der Waals surface area (Å²) in [6.07, 6.45) is 2.44. The van der Waals surface area contributed by atoms with E-state index in [2.05, 4.69) is 23.5 Å². The first-order valence-electron chi connectivity index (χ1n) is 4.95. The predicted octanol–water partition coefficient (Wildman–Crippen LogP) is 2.37. The number of ether oxygens (including phenoxy) is 1. The molecule has 3 rings (SSSR count). The number of hydrogen-bond acceptors (Lipinski definition) is 2. The van der Waals surface area contributed by atoms with Crippen molar-refractivity contribution in [3.8, 4) is 5.75 Å². The van der Waals surface area contributed by atoms with Crippen molar-refractivity contribution in [3.05, 3.63) is 23.8 Å². The van der Waals surface area contributed by atoms with Crippen LogP contribution in [-0.2, 0) is 0 Å². The summed E-state index contributed by atoms with van der Waals surface area (Å²) in [6, 6.07) is 6.30. The molecule has 2 heteroatoms. The summed E-state index contributed by atoms with van der Waals surface area (Å²) < 4.78 is 5.63. The van der Waals surface area contributed by atoms with Crippen LogP contribution < -0.4 is 10.1 Å². The molecular formula is C11H13NO. The zero-order chi connectivity index (χ0) is 8.67. The molecule has 1 atom stereocenters. The van der Waals surface area contributed by atoms with Crippen molar-refractivity contribution in [1.29, 1.82) is 0 Å². The van der Waals surface area contributed by atoms with Crippen LogP contribution in [0.3, 0.4) is 0 Å². The summed E-state index contributed by atoms with van der Waals surface area (Å²) in [5.74, 6) is 1.84. The highest BCUT2D eigenvalue weighted by Crippen LogP contribution is 2.42. The van der Waals surface area contributed by atoms with Gasteiger partial charge in [0.05, 0.1) is 6.61 Å². The van der Waals surface area contributed by atoms with Gasteiger partial charge in [-0.1, -0.05) is 6.07 Å². The van der Waals surface area contributed by atoms with Crippen LogP contribution in [0, 0.1) is 0 Å². The van der Waals surface area contributed by atoms with E-state index in [0.29, 0.717) is 0 Å². The standard InChI is InChI=1S/C11H13NO/c1-2-9-11-8(4-6-12-9)5-7-13-10(11)3-1/h1-3,8,12H,4-7H2. The molecule has 0 fully saturated rings. The average Bonchev–Trinajstić information content (AvgIpc) is 2.19. The molecule has 2 aliphatic heterocycles. The number of nitrogens with one attached hydrogen (secondary N) is 1. The fourth-order valence-electron chi connectivity index (χ4n) is 2.37. The zero-order valence-corrected chi connectivity index (χ0v) is 7.55. The van der Waals surface area contributed by atoms with E-state index < -0.39 is 0 Å².